The van der Waals surface area contributed by atoms with Crippen molar-refractivity contribution in [3.05, 3.63) is 70.8 Å². The maximum Gasteiger partial charge on any atom is 0.286 e. The number of amides is 1. The first-order chi connectivity index (χ1) is 11.7. The van der Waals surface area contributed by atoms with Gasteiger partial charge >= 0.3 is 0 Å². The van der Waals surface area contributed by atoms with Gasteiger partial charge in [0.05, 0.1) is 4.91 Å². The smallest absolute Gasteiger partial charge is 0.286 e. The topological polar surface area (TPSA) is 57.2 Å². The Labute approximate surface area is 143 Å². The number of aryl methyl sites for hydroxylation is 1. The zero-order valence-corrected chi connectivity index (χ0v) is 13.9. The summed E-state index contributed by atoms with van der Waals surface area (Å²) >= 11 is 1.36. The molecule has 24 heavy (non-hydrogen) atoms. The van der Waals surface area contributed by atoms with Gasteiger partial charge in [-0.3, -0.25) is 4.79 Å². The van der Waals surface area contributed by atoms with Crippen LogP contribution in [0.4, 0.5) is 5.69 Å². The molecule has 0 saturated heterocycles. The van der Waals surface area contributed by atoms with E-state index in [-0.39, 0.29) is 5.91 Å². The van der Waals surface area contributed by atoms with Crippen LogP contribution in [0, 0.1) is 6.92 Å². The van der Waals surface area contributed by atoms with Crippen molar-refractivity contribution in [1.29, 1.82) is 0 Å². The lowest BCUT2D eigenvalue weighted by molar-refractivity contribution is -0.113. The molecule has 1 aliphatic rings. The number of aromatic amines is 1. The summed E-state index contributed by atoms with van der Waals surface area (Å²) in [6.07, 6.45) is 3.80. The van der Waals surface area contributed by atoms with Crippen molar-refractivity contribution in [3.63, 3.8) is 0 Å². The second kappa shape index (κ2) is 6.02. The third-order valence-electron chi connectivity index (χ3n) is 3.80. The van der Waals surface area contributed by atoms with Crippen molar-refractivity contribution in [2.75, 3.05) is 5.32 Å². The van der Waals surface area contributed by atoms with Crippen LogP contribution in [0.3, 0.4) is 0 Å². The summed E-state index contributed by atoms with van der Waals surface area (Å²) in [5, 5.41) is 4.91. The quantitative estimate of drug-likeness (QED) is 0.676. The van der Waals surface area contributed by atoms with Crippen LogP contribution in [-0.2, 0) is 4.79 Å². The predicted octanol–water partition coefficient (Wildman–Crippen LogP) is 4.56. The van der Waals surface area contributed by atoms with Gasteiger partial charge in [0.25, 0.3) is 5.91 Å². The van der Waals surface area contributed by atoms with Crippen molar-refractivity contribution in [2.24, 2.45) is 4.99 Å². The van der Waals surface area contributed by atoms with Crippen molar-refractivity contribution in [1.82, 2.24) is 4.98 Å². The Balaban J connectivity index is 1.57. The molecular formula is C19H15N3OS. The highest BCUT2D eigenvalue weighted by molar-refractivity contribution is 8.18. The van der Waals surface area contributed by atoms with E-state index < -0.39 is 0 Å². The predicted molar refractivity (Wildman–Crippen MR) is 101 cm³/mol. The average Bonchev–Trinajstić information content (AvgIpc) is 3.12. The molecule has 0 aliphatic carbocycles. The molecule has 1 amide bonds. The molecule has 0 unspecified atom stereocenters. The lowest BCUT2D eigenvalue weighted by Crippen LogP contribution is -2.04. The molecule has 0 atom stereocenters. The van der Waals surface area contributed by atoms with Gasteiger partial charge in [0.2, 0.25) is 0 Å². The number of carbonyl (C=O) groups excluding carboxylic acids is 1. The summed E-state index contributed by atoms with van der Waals surface area (Å²) in [4.78, 5) is 20.1. The standard InChI is InChI=1S/C19H15N3OS/c1-12-5-4-6-14(9-12)21-19-22-18(23)17(24-19)10-13-11-20-16-8-3-2-7-15(13)16/h2-11,20H,1H3,(H,21,22,23)/b17-10-. The number of anilines is 1. The monoisotopic (exact) mass is 333 g/mol. The van der Waals surface area contributed by atoms with Crippen LogP contribution < -0.4 is 5.32 Å². The maximum absolute atomic E-state index is 12.2. The first-order valence-electron chi connectivity index (χ1n) is 7.61. The number of H-pyrrole nitrogens is 1. The Hall–Kier alpha value is -2.79. The van der Waals surface area contributed by atoms with E-state index >= 15 is 0 Å². The Morgan fingerprint density at radius 3 is 2.92 bits per heavy atom. The summed E-state index contributed by atoms with van der Waals surface area (Å²) in [5.41, 5.74) is 4.14. The Bertz CT molecular complexity index is 1000. The molecule has 2 N–H and O–H groups in total. The molecule has 4 nitrogen and oxygen atoms in total. The third-order valence-corrected chi connectivity index (χ3v) is 4.70. The summed E-state index contributed by atoms with van der Waals surface area (Å²) < 4.78 is 0. The van der Waals surface area contributed by atoms with E-state index in [0.717, 1.165) is 27.7 Å². The van der Waals surface area contributed by atoms with E-state index in [9.17, 15) is 4.79 Å². The average molecular weight is 333 g/mol. The molecule has 1 aliphatic heterocycles. The molecule has 3 aromatic rings. The summed E-state index contributed by atoms with van der Waals surface area (Å²) in [6, 6.07) is 16.0. The van der Waals surface area contributed by atoms with Gasteiger partial charge < -0.3 is 10.3 Å². The SMILES string of the molecule is Cc1cccc(NC2=NC(=O)/C(=C/c3c[nH]c4ccccc34)S2)c1. The molecule has 0 bridgehead atoms. The van der Waals surface area contributed by atoms with Crippen LogP contribution in [0.15, 0.2) is 64.6 Å². The third kappa shape index (κ3) is 2.86. The van der Waals surface area contributed by atoms with Gasteiger partial charge in [-0.2, -0.15) is 4.99 Å². The van der Waals surface area contributed by atoms with Gasteiger partial charge in [-0.1, -0.05) is 30.3 Å². The number of amidine groups is 1. The van der Waals surface area contributed by atoms with E-state index in [4.69, 9.17) is 0 Å². The highest BCUT2D eigenvalue weighted by atomic mass is 32.2. The number of nitrogens with one attached hydrogen (secondary N) is 2. The molecule has 0 saturated carbocycles. The molecular weight excluding hydrogens is 318 g/mol. The van der Waals surface area contributed by atoms with Gasteiger partial charge in [0, 0.05) is 28.4 Å². The second-order valence-corrected chi connectivity index (χ2v) is 6.65. The van der Waals surface area contributed by atoms with Crippen LogP contribution in [0.2, 0.25) is 0 Å². The number of aromatic nitrogens is 1. The Kier molecular flexibility index (Phi) is 3.70. The van der Waals surface area contributed by atoms with Crippen LogP contribution in [0.5, 0.6) is 0 Å². The summed E-state index contributed by atoms with van der Waals surface area (Å²) in [7, 11) is 0. The minimum Gasteiger partial charge on any atom is -0.361 e. The van der Waals surface area contributed by atoms with Crippen LogP contribution in [0.25, 0.3) is 17.0 Å². The van der Waals surface area contributed by atoms with E-state index in [1.54, 1.807) is 0 Å². The molecule has 0 spiro atoms. The minimum absolute atomic E-state index is 0.208. The van der Waals surface area contributed by atoms with Crippen LogP contribution in [0.1, 0.15) is 11.1 Å². The number of fused-ring (bicyclic) bond motifs is 1. The molecule has 0 fully saturated rings. The van der Waals surface area contributed by atoms with Gasteiger partial charge in [0.1, 0.15) is 0 Å². The van der Waals surface area contributed by atoms with Gasteiger partial charge in [-0.15, -0.1) is 0 Å². The summed E-state index contributed by atoms with van der Waals surface area (Å²) in [5.74, 6) is -0.208. The normalized spacial score (nSPS) is 16.0. The number of para-hydroxylation sites is 1. The Morgan fingerprint density at radius 1 is 1.17 bits per heavy atom. The lowest BCUT2D eigenvalue weighted by Gasteiger charge is -2.04. The Morgan fingerprint density at radius 2 is 2.04 bits per heavy atom. The number of aliphatic imine (C=N–C) groups is 1. The molecule has 0 radical (unpaired) electrons. The van der Waals surface area contributed by atoms with Gasteiger partial charge in [-0.25, -0.2) is 0 Å². The second-order valence-electron chi connectivity index (χ2n) is 5.62. The molecule has 5 heteroatoms. The minimum atomic E-state index is -0.208. The maximum atomic E-state index is 12.2. The van der Waals surface area contributed by atoms with E-state index in [2.05, 4.69) is 15.3 Å². The van der Waals surface area contributed by atoms with E-state index in [1.165, 1.54) is 11.8 Å². The van der Waals surface area contributed by atoms with Crippen molar-refractivity contribution >= 4 is 45.5 Å². The number of rotatable bonds is 2. The van der Waals surface area contributed by atoms with Crippen molar-refractivity contribution in [3.8, 4) is 0 Å². The molecule has 118 valence electrons. The molecule has 2 heterocycles. The van der Waals surface area contributed by atoms with Gasteiger partial charge in [0.15, 0.2) is 5.17 Å². The fourth-order valence-corrected chi connectivity index (χ4v) is 3.49. The fourth-order valence-electron chi connectivity index (χ4n) is 2.66. The number of hydrogen-bond donors (Lipinski definition) is 2. The summed E-state index contributed by atoms with van der Waals surface area (Å²) in [6.45, 7) is 2.03. The molecule has 4 rings (SSSR count). The fraction of sp³-hybridized carbons (Fsp3) is 0.0526. The van der Waals surface area contributed by atoms with Crippen LogP contribution in [-0.4, -0.2) is 16.1 Å². The zero-order chi connectivity index (χ0) is 16.5. The largest absolute Gasteiger partial charge is 0.361 e. The zero-order valence-electron chi connectivity index (χ0n) is 13.0. The lowest BCUT2D eigenvalue weighted by atomic mass is 10.1. The highest BCUT2D eigenvalue weighted by Crippen LogP contribution is 2.31. The van der Waals surface area contributed by atoms with Crippen LogP contribution >= 0.6 is 11.8 Å². The number of carbonyl (C=O) groups is 1. The van der Waals surface area contributed by atoms with E-state index in [1.807, 2.05) is 67.7 Å². The van der Waals surface area contributed by atoms with E-state index in [0.29, 0.717) is 10.1 Å². The van der Waals surface area contributed by atoms with Crippen molar-refractivity contribution < 1.29 is 4.79 Å². The number of benzene rings is 2. The first-order valence-corrected chi connectivity index (χ1v) is 8.43. The highest BCUT2D eigenvalue weighted by Gasteiger charge is 2.22. The number of thioether (sulfide) groups is 1. The van der Waals surface area contributed by atoms with Crippen molar-refractivity contribution in [2.45, 2.75) is 6.92 Å². The number of nitrogens with zero attached hydrogens (tertiary/aromatic N) is 1. The van der Waals surface area contributed by atoms with Gasteiger partial charge in [-0.05, 0) is 48.5 Å². The number of hydrogen-bond acceptors (Lipinski definition) is 3. The molecule has 1 aromatic heterocycles. The molecule has 2 aromatic carbocycles. The first kappa shape index (κ1) is 14.8.